The molecule has 0 radical (unpaired) electrons. The quantitative estimate of drug-likeness (QED) is 0.814. The lowest BCUT2D eigenvalue weighted by Crippen LogP contribution is -2.43. The first-order chi connectivity index (χ1) is 12.4. The van der Waals surface area contributed by atoms with Crippen molar-refractivity contribution in [3.63, 3.8) is 0 Å². The molecule has 0 bridgehead atoms. The Hall–Kier alpha value is -1.96. The lowest BCUT2D eigenvalue weighted by molar-refractivity contribution is 0.413. The molecule has 2 aromatic carbocycles. The summed E-state index contributed by atoms with van der Waals surface area (Å²) in [5.74, 6) is 0.716. The third kappa shape index (κ3) is 4.06. The van der Waals surface area contributed by atoms with Crippen molar-refractivity contribution >= 4 is 33.0 Å². The zero-order valence-corrected chi connectivity index (χ0v) is 16.3. The minimum absolute atomic E-state index is 0.132. The van der Waals surface area contributed by atoms with Crippen LogP contribution in [0.1, 0.15) is 5.56 Å². The number of anilines is 2. The van der Waals surface area contributed by atoms with Gasteiger partial charge in [0.25, 0.3) is 10.0 Å². The Morgan fingerprint density at radius 3 is 2.54 bits per heavy atom. The molecular weight excluding hydrogens is 374 g/mol. The smallest absolute Gasteiger partial charge is 0.261 e. The third-order valence-electron chi connectivity index (χ3n) is 4.34. The summed E-state index contributed by atoms with van der Waals surface area (Å²) in [4.78, 5) is 2.31. The van der Waals surface area contributed by atoms with Gasteiger partial charge in [-0.2, -0.15) is 0 Å². The SMILES string of the molecule is COc1ccc(NS(=O)(=O)c2ccc(C)c(Cl)c2)cc1N1CCNCC1. The van der Waals surface area contributed by atoms with Crippen molar-refractivity contribution in [2.75, 3.05) is 42.9 Å². The molecule has 0 unspecified atom stereocenters. The fraction of sp³-hybridized carbons (Fsp3) is 0.333. The van der Waals surface area contributed by atoms with Crippen molar-refractivity contribution in [2.45, 2.75) is 11.8 Å². The summed E-state index contributed by atoms with van der Waals surface area (Å²) in [6.07, 6.45) is 0. The van der Waals surface area contributed by atoms with Gasteiger partial charge in [0.15, 0.2) is 0 Å². The number of nitrogens with zero attached hydrogens (tertiary/aromatic N) is 1. The van der Waals surface area contributed by atoms with E-state index in [1.165, 1.54) is 6.07 Å². The van der Waals surface area contributed by atoms with Crippen molar-refractivity contribution in [2.24, 2.45) is 0 Å². The van der Waals surface area contributed by atoms with Crippen LogP contribution in [0.15, 0.2) is 41.3 Å². The first-order valence-corrected chi connectivity index (χ1v) is 10.2. The minimum Gasteiger partial charge on any atom is -0.495 e. The molecular formula is C18H22ClN3O3S. The summed E-state index contributed by atoms with van der Waals surface area (Å²) in [7, 11) is -2.12. The van der Waals surface area contributed by atoms with Crippen molar-refractivity contribution < 1.29 is 13.2 Å². The number of hydrogen-bond donors (Lipinski definition) is 2. The van der Waals surface area contributed by atoms with E-state index in [9.17, 15) is 8.42 Å². The number of nitrogens with one attached hydrogen (secondary N) is 2. The largest absolute Gasteiger partial charge is 0.495 e. The maximum Gasteiger partial charge on any atom is 0.261 e. The zero-order valence-electron chi connectivity index (χ0n) is 14.8. The molecule has 0 amide bonds. The number of benzene rings is 2. The fourth-order valence-electron chi connectivity index (χ4n) is 2.86. The molecule has 0 aliphatic carbocycles. The number of rotatable bonds is 5. The standard InChI is InChI=1S/C18H22ClN3O3S/c1-13-3-5-15(12-16(13)19)26(23,24)21-14-4-6-18(25-2)17(11-14)22-9-7-20-8-10-22/h3-6,11-12,20-21H,7-10H2,1-2H3. The van der Waals surface area contributed by atoms with Gasteiger partial charge in [0.2, 0.25) is 0 Å². The van der Waals surface area contributed by atoms with Crippen LogP contribution in [0.2, 0.25) is 5.02 Å². The Kier molecular flexibility index (Phi) is 5.60. The molecule has 0 spiro atoms. The summed E-state index contributed by atoms with van der Waals surface area (Å²) in [6.45, 7) is 5.25. The van der Waals surface area contributed by atoms with E-state index in [0.29, 0.717) is 16.5 Å². The molecule has 8 heteroatoms. The van der Waals surface area contributed by atoms with Crippen LogP contribution in [0.5, 0.6) is 5.75 Å². The lowest BCUT2D eigenvalue weighted by atomic mass is 10.2. The van der Waals surface area contributed by atoms with Crippen LogP contribution in [-0.2, 0) is 10.0 Å². The van der Waals surface area contributed by atoms with Crippen molar-refractivity contribution in [3.8, 4) is 5.75 Å². The number of methoxy groups -OCH3 is 1. The second kappa shape index (κ2) is 7.73. The molecule has 0 aromatic heterocycles. The zero-order chi connectivity index (χ0) is 18.7. The van der Waals surface area contributed by atoms with Gasteiger partial charge in [-0.25, -0.2) is 8.42 Å². The molecule has 140 valence electrons. The van der Waals surface area contributed by atoms with Crippen LogP contribution in [0.25, 0.3) is 0 Å². The Balaban J connectivity index is 1.90. The molecule has 1 aliphatic heterocycles. The normalized spacial score (nSPS) is 15.0. The molecule has 6 nitrogen and oxygen atoms in total. The Bertz CT molecular complexity index is 897. The maximum absolute atomic E-state index is 12.7. The highest BCUT2D eigenvalue weighted by Gasteiger charge is 2.19. The van der Waals surface area contributed by atoms with Crippen LogP contribution in [0.3, 0.4) is 0 Å². The van der Waals surface area contributed by atoms with Gasteiger partial charge in [0.1, 0.15) is 5.75 Å². The third-order valence-corrected chi connectivity index (χ3v) is 6.13. The van der Waals surface area contributed by atoms with E-state index in [4.69, 9.17) is 16.3 Å². The van der Waals surface area contributed by atoms with Crippen LogP contribution in [-0.4, -0.2) is 41.7 Å². The van der Waals surface area contributed by atoms with Gasteiger partial charge < -0.3 is 15.0 Å². The first kappa shape index (κ1) is 18.8. The first-order valence-electron chi connectivity index (χ1n) is 8.33. The van der Waals surface area contributed by atoms with E-state index >= 15 is 0 Å². The molecule has 1 saturated heterocycles. The van der Waals surface area contributed by atoms with Crippen LogP contribution in [0, 0.1) is 6.92 Å². The van der Waals surface area contributed by atoms with E-state index in [1.54, 1.807) is 37.4 Å². The highest BCUT2D eigenvalue weighted by molar-refractivity contribution is 7.92. The van der Waals surface area contributed by atoms with Gasteiger partial charge >= 0.3 is 0 Å². The summed E-state index contributed by atoms with van der Waals surface area (Å²) < 4.78 is 33.4. The van der Waals surface area contributed by atoms with Gasteiger partial charge in [-0.15, -0.1) is 0 Å². The second-order valence-corrected chi connectivity index (χ2v) is 8.23. The van der Waals surface area contributed by atoms with Gasteiger partial charge in [0, 0.05) is 31.2 Å². The molecule has 0 atom stereocenters. The summed E-state index contributed by atoms with van der Waals surface area (Å²) >= 11 is 6.07. The topological polar surface area (TPSA) is 70.7 Å². The van der Waals surface area contributed by atoms with Crippen molar-refractivity contribution in [1.29, 1.82) is 0 Å². The number of ether oxygens (including phenoxy) is 1. The number of sulfonamides is 1. The maximum atomic E-state index is 12.7. The number of piperazine rings is 1. The summed E-state index contributed by atoms with van der Waals surface area (Å²) in [5.41, 5.74) is 2.18. The van der Waals surface area contributed by atoms with Gasteiger partial charge in [-0.1, -0.05) is 17.7 Å². The molecule has 2 N–H and O–H groups in total. The van der Waals surface area contributed by atoms with Crippen molar-refractivity contribution in [1.82, 2.24) is 5.32 Å². The second-order valence-electron chi connectivity index (χ2n) is 6.14. The molecule has 3 rings (SSSR count). The van der Waals surface area contributed by atoms with E-state index in [0.717, 1.165) is 37.4 Å². The van der Waals surface area contributed by atoms with E-state index in [-0.39, 0.29) is 4.90 Å². The lowest BCUT2D eigenvalue weighted by Gasteiger charge is -2.31. The van der Waals surface area contributed by atoms with Gasteiger partial charge in [-0.05, 0) is 42.8 Å². The molecule has 26 heavy (non-hydrogen) atoms. The number of halogens is 1. The van der Waals surface area contributed by atoms with Crippen LogP contribution < -0.4 is 19.7 Å². The molecule has 1 aliphatic rings. The molecule has 0 saturated carbocycles. The fourth-order valence-corrected chi connectivity index (χ4v) is 4.18. The minimum atomic E-state index is -3.73. The summed E-state index contributed by atoms with van der Waals surface area (Å²) in [6, 6.07) is 9.97. The van der Waals surface area contributed by atoms with Gasteiger partial charge in [0.05, 0.1) is 23.4 Å². The Morgan fingerprint density at radius 1 is 1.15 bits per heavy atom. The van der Waals surface area contributed by atoms with E-state index in [2.05, 4.69) is 14.9 Å². The molecule has 2 aromatic rings. The van der Waals surface area contributed by atoms with E-state index < -0.39 is 10.0 Å². The molecule has 1 heterocycles. The van der Waals surface area contributed by atoms with Crippen LogP contribution >= 0.6 is 11.6 Å². The average Bonchev–Trinajstić information content (AvgIpc) is 2.64. The summed E-state index contributed by atoms with van der Waals surface area (Å²) in [5, 5.41) is 3.72. The van der Waals surface area contributed by atoms with E-state index in [1.807, 2.05) is 6.92 Å². The number of aryl methyl sites for hydroxylation is 1. The average molecular weight is 396 g/mol. The highest BCUT2D eigenvalue weighted by atomic mass is 35.5. The Morgan fingerprint density at radius 2 is 1.88 bits per heavy atom. The monoisotopic (exact) mass is 395 g/mol. The van der Waals surface area contributed by atoms with Crippen molar-refractivity contribution in [3.05, 3.63) is 47.0 Å². The Labute approximate surface area is 159 Å². The predicted octanol–water partition coefficient (Wildman–Crippen LogP) is 2.87. The number of hydrogen-bond acceptors (Lipinski definition) is 5. The predicted molar refractivity (Wildman–Crippen MR) is 105 cm³/mol. The highest BCUT2D eigenvalue weighted by Crippen LogP contribution is 2.32. The molecule has 1 fully saturated rings. The van der Waals surface area contributed by atoms with Crippen LogP contribution in [0.4, 0.5) is 11.4 Å². The van der Waals surface area contributed by atoms with Gasteiger partial charge in [-0.3, -0.25) is 4.72 Å².